The summed E-state index contributed by atoms with van der Waals surface area (Å²) in [5.74, 6) is 0.148. The van der Waals surface area contributed by atoms with E-state index in [9.17, 15) is 9.59 Å². The van der Waals surface area contributed by atoms with E-state index < -0.39 is 11.8 Å². The number of rotatable bonds is 7. The molecule has 0 radical (unpaired) electrons. The molecule has 0 bridgehead atoms. The number of amides is 2. The molecule has 0 aliphatic rings. The van der Waals surface area contributed by atoms with Gasteiger partial charge in [0.15, 0.2) is 11.5 Å². The summed E-state index contributed by atoms with van der Waals surface area (Å²) in [6.07, 6.45) is 0. The molecule has 0 aromatic heterocycles. The van der Waals surface area contributed by atoms with Crippen molar-refractivity contribution in [1.29, 1.82) is 0 Å². The molecule has 0 unspecified atom stereocenters. The largest absolute Gasteiger partial charge is 0.493 e. The van der Waals surface area contributed by atoms with Crippen LogP contribution < -0.4 is 20.3 Å². The Balaban J connectivity index is 2.61. The van der Waals surface area contributed by atoms with Gasteiger partial charge in [0.1, 0.15) is 0 Å². The number of carbonyl (C=O) groups excluding carboxylic acids is 2. The molecule has 0 spiro atoms. The predicted molar refractivity (Wildman–Crippen MR) is 71.6 cm³/mol. The van der Waals surface area contributed by atoms with Gasteiger partial charge in [-0.15, -0.1) is 0 Å². The molecule has 0 aliphatic heterocycles. The summed E-state index contributed by atoms with van der Waals surface area (Å²) in [7, 11) is 2.99. The molecule has 0 aliphatic carbocycles. The average molecular weight is 282 g/mol. The molecule has 0 heterocycles. The number of methoxy groups -OCH3 is 2. The highest BCUT2D eigenvalue weighted by Gasteiger charge is 2.11. The number of ether oxygens (including phenoxy) is 2. The Hall–Kier alpha value is -2.28. The van der Waals surface area contributed by atoms with Gasteiger partial charge in [0.25, 0.3) is 11.8 Å². The van der Waals surface area contributed by atoms with Crippen molar-refractivity contribution in [2.24, 2.45) is 0 Å². The Morgan fingerprint density at radius 2 is 1.85 bits per heavy atom. The van der Waals surface area contributed by atoms with Crippen LogP contribution in [0, 0.1) is 0 Å². The third-order valence-electron chi connectivity index (χ3n) is 2.39. The summed E-state index contributed by atoms with van der Waals surface area (Å²) >= 11 is 0. The predicted octanol–water partition coefficient (Wildman–Crippen LogP) is 0.501. The van der Waals surface area contributed by atoms with Crippen LogP contribution in [0.5, 0.6) is 11.5 Å². The Bertz CT molecular complexity index is 476. The minimum absolute atomic E-state index is 0.173. The third-order valence-corrected chi connectivity index (χ3v) is 2.39. The number of hydrogen-bond donors (Lipinski definition) is 2. The second kappa shape index (κ2) is 8.00. The van der Waals surface area contributed by atoms with E-state index in [4.69, 9.17) is 14.3 Å². The Morgan fingerprint density at radius 3 is 2.45 bits per heavy atom. The van der Waals surface area contributed by atoms with Gasteiger partial charge < -0.3 is 14.8 Å². The molecule has 2 N–H and O–H groups in total. The van der Waals surface area contributed by atoms with Crippen molar-refractivity contribution >= 4 is 11.8 Å². The number of nitrogens with one attached hydrogen (secondary N) is 2. The molecule has 110 valence electrons. The van der Waals surface area contributed by atoms with Gasteiger partial charge in [0, 0.05) is 5.56 Å². The zero-order valence-corrected chi connectivity index (χ0v) is 11.7. The zero-order chi connectivity index (χ0) is 15.0. The molecule has 1 aromatic carbocycles. The summed E-state index contributed by atoms with van der Waals surface area (Å²) in [6.45, 7) is 1.92. The van der Waals surface area contributed by atoms with Crippen LogP contribution in [0.25, 0.3) is 0 Å². The van der Waals surface area contributed by atoms with Crippen LogP contribution in [0.4, 0.5) is 0 Å². The molecular formula is C13H18N2O5. The SMILES string of the molecule is CCONC(=O)CNC(=O)c1ccc(OC)c(OC)c1. The number of benzene rings is 1. The minimum Gasteiger partial charge on any atom is -0.493 e. The summed E-state index contributed by atoms with van der Waals surface area (Å²) in [4.78, 5) is 27.8. The molecule has 7 nitrogen and oxygen atoms in total. The van der Waals surface area contributed by atoms with Crippen LogP contribution in [0.2, 0.25) is 0 Å². The van der Waals surface area contributed by atoms with Gasteiger partial charge in [-0.1, -0.05) is 0 Å². The highest BCUT2D eigenvalue weighted by atomic mass is 16.6. The van der Waals surface area contributed by atoms with E-state index in [1.54, 1.807) is 19.1 Å². The fourth-order valence-electron chi connectivity index (χ4n) is 1.43. The monoisotopic (exact) mass is 282 g/mol. The van der Waals surface area contributed by atoms with Crippen LogP contribution in [0.15, 0.2) is 18.2 Å². The van der Waals surface area contributed by atoms with Gasteiger partial charge in [-0.25, -0.2) is 5.48 Å². The van der Waals surface area contributed by atoms with Gasteiger partial charge in [0.05, 0.1) is 27.4 Å². The van der Waals surface area contributed by atoms with E-state index in [2.05, 4.69) is 10.8 Å². The molecule has 0 atom stereocenters. The molecule has 20 heavy (non-hydrogen) atoms. The van der Waals surface area contributed by atoms with E-state index in [0.29, 0.717) is 23.7 Å². The summed E-state index contributed by atoms with van der Waals surface area (Å²) in [5, 5.41) is 2.47. The Morgan fingerprint density at radius 1 is 1.15 bits per heavy atom. The van der Waals surface area contributed by atoms with Crippen molar-refractivity contribution < 1.29 is 23.9 Å². The van der Waals surface area contributed by atoms with Gasteiger partial charge in [-0.3, -0.25) is 14.4 Å². The van der Waals surface area contributed by atoms with Gasteiger partial charge in [-0.05, 0) is 25.1 Å². The third kappa shape index (κ3) is 4.43. The lowest BCUT2D eigenvalue weighted by molar-refractivity contribution is -0.132. The van der Waals surface area contributed by atoms with Gasteiger partial charge >= 0.3 is 0 Å². The molecule has 0 fully saturated rings. The van der Waals surface area contributed by atoms with Crippen molar-refractivity contribution in [2.75, 3.05) is 27.4 Å². The standard InChI is InChI=1S/C13H18N2O5/c1-4-20-15-12(16)8-14-13(17)9-5-6-10(18-2)11(7-9)19-3/h5-7H,4,8H2,1-3H3,(H,14,17)(H,15,16). The van der Waals surface area contributed by atoms with Gasteiger partial charge in [-0.2, -0.15) is 0 Å². The second-order valence-corrected chi connectivity index (χ2v) is 3.71. The van der Waals surface area contributed by atoms with Crippen LogP contribution >= 0.6 is 0 Å². The van der Waals surface area contributed by atoms with E-state index in [1.807, 2.05) is 0 Å². The van der Waals surface area contributed by atoms with Crippen LogP contribution in [0.1, 0.15) is 17.3 Å². The summed E-state index contributed by atoms with van der Waals surface area (Å²) < 4.78 is 10.2. The highest BCUT2D eigenvalue weighted by Crippen LogP contribution is 2.27. The first kappa shape index (κ1) is 15.8. The first-order chi connectivity index (χ1) is 9.62. The first-order valence-electron chi connectivity index (χ1n) is 6.03. The summed E-state index contributed by atoms with van der Waals surface area (Å²) in [5.41, 5.74) is 2.55. The summed E-state index contributed by atoms with van der Waals surface area (Å²) in [6, 6.07) is 4.74. The van der Waals surface area contributed by atoms with E-state index in [1.165, 1.54) is 20.3 Å². The fourth-order valence-corrected chi connectivity index (χ4v) is 1.43. The van der Waals surface area contributed by atoms with Crippen LogP contribution in [-0.4, -0.2) is 39.2 Å². The quantitative estimate of drug-likeness (QED) is 0.711. The van der Waals surface area contributed by atoms with Crippen molar-refractivity contribution in [3.05, 3.63) is 23.8 Å². The maximum absolute atomic E-state index is 11.9. The van der Waals surface area contributed by atoms with Crippen LogP contribution in [0.3, 0.4) is 0 Å². The van der Waals surface area contributed by atoms with E-state index in [0.717, 1.165) is 0 Å². The normalized spacial score (nSPS) is 9.75. The molecule has 0 saturated heterocycles. The topological polar surface area (TPSA) is 85.9 Å². The van der Waals surface area contributed by atoms with E-state index >= 15 is 0 Å². The van der Waals surface area contributed by atoms with Crippen molar-refractivity contribution in [2.45, 2.75) is 6.92 Å². The number of carbonyl (C=O) groups is 2. The lowest BCUT2D eigenvalue weighted by atomic mass is 10.2. The van der Waals surface area contributed by atoms with E-state index in [-0.39, 0.29) is 6.54 Å². The Labute approximate surface area is 117 Å². The molecule has 1 aromatic rings. The van der Waals surface area contributed by atoms with Crippen molar-refractivity contribution in [3.63, 3.8) is 0 Å². The lowest BCUT2D eigenvalue weighted by Gasteiger charge is -2.10. The maximum Gasteiger partial charge on any atom is 0.262 e. The Kier molecular flexibility index (Phi) is 6.31. The zero-order valence-electron chi connectivity index (χ0n) is 11.7. The van der Waals surface area contributed by atoms with Gasteiger partial charge in [0.2, 0.25) is 0 Å². The molecular weight excluding hydrogens is 264 g/mol. The average Bonchev–Trinajstić information content (AvgIpc) is 2.49. The van der Waals surface area contributed by atoms with Crippen molar-refractivity contribution in [3.8, 4) is 11.5 Å². The van der Waals surface area contributed by atoms with Crippen molar-refractivity contribution in [1.82, 2.24) is 10.8 Å². The lowest BCUT2D eigenvalue weighted by Crippen LogP contribution is -2.36. The molecule has 1 rings (SSSR count). The molecule has 2 amide bonds. The first-order valence-corrected chi connectivity index (χ1v) is 6.03. The number of hydroxylamine groups is 1. The highest BCUT2D eigenvalue weighted by molar-refractivity contribution is 5.96. The number of hydrogen-bond acceptors (Lipinski definition) is 5. The minimum atomic E-state index is -0.430. The van der Waals surface area contributed by atoms with Crippen LogP contribution in [-0.2, 0) is 9.63 Å². The fraction of sp³-hybridized carbons (Fsp3) is 0.385. The second-order valence-electron chi connectivity index (χ2n) is 3.71. The molecule has 0 saturated carbocycles. The smallest absolute Gasteiger partial charge is 0.262 e. The molecule has 7 heteroatoms. The maximum atomic E-state index is 11.9.